The van der Waals surface area contributed by atoms with Gasteiger partial charge in [-0.05, 0) is 38.1 Å². The first kappa shape index (κ1) is 15.1. The maximum absolute atomic E-state index is 12.4. The number of nitrogens with one attached hydrogen (secondary N) is 1. The van der Waals surface area contributed by atoms with Crippen LogP contribution in [0.15, 0.2) is 12.1 Å². The van der Waals surface area contributed by atoms with Crippen molar-refractivity contribution in [2.75, 3.05) is 45.6 Å². The molecule has 2 rings (SSSR count). The number of hydrogen-bond acceptors (Lipinski definition) is 4. The van der Waals surface area contributed by atoms with Crippen LogP contribution in [-0.4, -0.2) is 61.0 Å². The van der Waals surface area contributed by atoms with Crippen molar-refractivity contribution in [3.8, 4) is 0 Å². The average molecular weight is 297 g/mol. The largest absolute Gasteiger partial charge is 0.373 e. The summed E-state index contributed by atoms with van der Waals surface area (Å²) in [6.45, 7) is 3.95. The van der Waals surface area contributed by atoms with Crippen molar-refractivity contribution in [1.29, 1.82) is 0 Å². The number of hydrogen-bond donors (Lipinski definition) is 1. The summed E-state index contributed by atoms with van der Waals surface area (Å²) in [5.74, 6) is 0.582. The maximum atomic E-state index is 12.4. The van der Waals surface area contributed by atoms with Gasteiger partial charge in [0.25, 0.3) is 5.91 Å². The van der Waals surface area contributed by atoms with Crippen LogP contribution >= 0.6 is 11.6 Å². The van der Waals surface area contributed by atoms with E-state index >= 15 is 0 Å². The van der Waals surface area contributed by atoms with E-state index in [0.717, 1.165) is 26.2 Å². The Morgan fingerprint density at radius 3 is 2.80 bits per heavy atom. The van der Waals surface area contributed by atoms with E-state index in [2.05, 4.69) is 15.2 Å². The molecule has 1 N–H and O–H groups in total. The molecule has 1 fully saturated rings. The fourth-order valence-corrected chi connectivity index (χ4v) is 2.58. The molecule has 1 aromatic heterocycles. The number of rotatable bonds is 5. The van der Waals surface area contributed by atoms with Crippen LogP contribution < -0.4 is 5.32 Å². The minimum atomic E-state index is -0.0232. The lowest BCUT2D eigenvalue weighted by Gasteiger charge is -2.21. The summed E-state index contributed by atoms with van der Waals surface area (Å²) in [5.41, 5.74) is 0.568. The Hall–Kier alpha value is -1.33. The molecule has 0 spiro atoms. The fourth-order valence-electron chi connectivity index (χ4n) is 2.37. The van der Waals surface area contributed by atoms with Gasteiger partial charge < -0.3 is 15.1 Å². The Balaban J connectivity index is 1.96. The molecule has 0 unspecified atom stereocenters. The van der Waals surface area contributed by atoms with Crippen molar-refractivity contribution >= 4 is 23.3 Å². The number of amides is 1. The highest BCUT2D eigenvalue weighted by Gasteiger charge is 2.16. The highest BCUT2D eigenvalue weighted by atomic mass is 35.5. The van der Waals surface area contributed by atoms with Gasteiger partial charge in [0.1, 0.15) is 11.0 Å². The number of carbonyl (C=O) groups is 1. The molecular formula is C14H21ClN4O. The van der Waals surface area contributed by atoms with Crippen LogP contribution in [0.25, 0.3) is 0 Å². The minimum Gasteiger partial charge on any atom is -0.373 e. The molecule has 0 bridgehead atoms. The van der Waals surface area contributed by atoms with Crippen LogP contribution in [0.1, 0.15) is 23.2 Å². The lowest BCUT2D eigenvalue weighted by Crippen LogP contribution is -2.35. The molecule has 6 heteroatoms. The molecule has 1 aliphatic rings. The second kappa shape index (κ2) is 6.90. The van der Waals surface area contributed by atoms with Crippen LogP contribution in [-0.2, 0) is 0 Å². The monoisotopic (exact) mass is 296 g/mol. The van der Waals surface area contributed by atoms with Crippen molar-refractivity contribution in [1.82, 2.24) is 14.8 Å². The van der Waals surface area contributed by atoms with Gasteiger partial charge in [-0.3, -0.25) is 4.79 Å². The van der Waals surface area contributed by atoms with E-state index in [1.165, 1.54) is 12.8 Å². The topological polar surface area (TPSA) is 48.5 Å². The number of likely N-dealkylation sites (tertiary alicyclic amines) is 1. The molecule has 0 atom stereocenters. The summed E-state index contributed by atoms with van der Waals surface area (Å²) >= 11 is 5.93. The smallest absolute Gasteiger partial charge is 0.253 e. The first-order valence-electron chi connectivity index (χ1n) is 6.93. The van der Waals surface area contributed by atoms with E-state index in [-0.39, 0.29) is 5.91 Å². The summed E-state index contributed by atoms with van der Waals surface area (Å²) in [6.07, 6.45) is 2.53. The van der Waals surface area contributed by atoms with E-state index in [4.69, 9.17) is 11.6 Å². The first-order valence-corrected chi connectivity index (χ1v) is 7.31. The van der Waals surface area contributed by atoms with E-state index in [9.17, 15) is 4.79 Å². The van der Waals surface area contributed by atoms with Gasteiger partial charge in [-0.15, -0.1) is 0 Å². The number of likely N-dealkylation sites (N-methyl/N-ethyl adjacent to an activating group) is 1. The molecule has 1 saturated heterocycles. The predicted molar refractivity (Wildman–Crippen MR) is 81.4 cm³/mol. The van der Waals surface area contributed by atoms with Crippen LogP contribution in [0.2, 0.25) is 5.15 Å². The van der Waals surface area contributed by atoms with Crippen LogP contribution in [0.3, 0.4) is 0 Å². The summed E-state index contributed by atoms with van der Waals surface area (Å²) in [5, 5.41) is 3.23. The van der Waals surface area contributed by atoms with Gasteiger partial charge in [-0.1, -0.05) is 11.6 Å². The van der Waals surface area contributed by atoms with Crippen LogP contribution in [0.5, 0.6) is 0 Å². The summed E-state index contributed by atoms with van der Waals surface area (Å²) < 4.78 is 0. The molecule has 0 aliphatic carbocycles. The van der Waals surface area contributed by atoms with E-state index in [0.29, 0.717) is 16.5 Å². The van der Waals surface area contributed by atoms with E-state index < -0.39 is 0 Å². The van der Waals surface area contributed by atoms with Gasteiger partial charge in [0, 0.05) is 32.7 Å². The van der Waals surface area contributed by atoms with Gasteiger partial charge in [-0.2, -0.15) is 0 Å². The lowest BCUT2D eigenvalue weighted by molar-refractivity contribution is 0.0782. The molecule has 5 nitrogen and oxygen atoms in total. The normalized spacial score (nSPS) is 15.3. The second-order valence-corrected chi connectivity index (χ2v) is 5.48. The third kappa shape index (κ3) is 3.84. The quantitative estimate of drug-likeness (QED) is 0.844. The van der Waals surface area contributed by atoms with Gasteiger partial charge in [-0.25, -0.2) is 4.98 Å². The zero-order chi connectivity index (χ0) is 14.5. The zero-order valence-electron chi connectivity index (χ0n) is 12.0. The molecule has 1 amide bonds. The SMILES string of the molecule is CNc1cc(C(=O)N(C)CCN2CCCC2)cc(Cl)n1. The van der Waals surface area contributed by atoms with Crippen molar-refractivity contribution in [3.05, 3.63) is 22.8 Å². The summed E-state index contributed by atoms with van der Waals surface area (Å²) in [7, 11) is 3.58. The molecule has 0 aromatic carbocycles. The van der Waals surface area contributed by atoms with Crippen molar-refractivity contribution < 1.29 is 4.79 Å². The number of aromatic nitrogens is 1. The highest BCUT2D eigenvalue weighted by Crippen LogP contribution is 2.15. The van der Waals surface area contributed by atoms with Gasteiger partial charge >= 0.3 is 0 Å². The molecule has 2 heterocycles. The molecule has 1 aromatic rings. The second-order valence-electron chi connectivity index (χ2n) is 5.09. The molecule has 110 valence electrons. The first-order chi connectivity index (χ1) is 9.60. The van der Waals surface area contributed by atoms with E-state index in [1.54, 1.807) is 24.1 Å². The number of anilines is 1. The predicted octanol–water partition coefficient (Wildman–Crippen LogP) is 1.94. The number of carbonyl (C=O) groups excluding carboxylic acids is 1. The Morgan fingerprint density at radius 1 is 1.45 bits per heavy atom. The zero-order valence-corrected chi connectivity index (χ0v) is 12.8. The molecule has 0 saturated carbocycles. The summed E-state index contributed by atoms with van der Waals surface area (Å²) in [4.78, 5) is 20.6. The van der Waals surface area contributed by atoms with Crippen molar-refractivity contribution in [2.24, 2.45) is 0 Å². The third-order valence-corrected chi connectivity index (χ3v) is 3.79. The maximum Gasteiger partial charge on any atom is 0.253 e. The Morgan fingerprint density at radius 2 is 2.15 bits per heavy atom. The van der Waals surface area contributed by atoms with Crippen LogP contribution in [0, 0.1) is 0 Å². The Labute approximate surface area is 124 Å². The third-order valence-electron chi connectivity index (χ3n) is 3.59. The van der Waals surface area contributed by atoms with Gasteiger partial charge in [0.05, 0.1) is 0 Å². The van der Waals surface area contributed by atoms with Crippen molar-refractivity contribution in [3.63, 3.8) is 0 Å². The molecule has 1 aliphatic heterocycles. The fraction of sp³-hybridized carbons (Fsp3) is 0.571. The standard InChI is InChI=1S/C14H21ClN4O/c1-16-13-10-11(9-12(15)17-13)14(20)18(2)7-8-19-5-3-4-6-19/h9-10H,3-8H2,1-2H3,(H,16,17). The van der Waals surface area contributed by atoms with Gasteiger partial charge in [0.15, 0.2) is 0 Å². The molecule has 0 radical (unpaired) electrons. The Bertz CT molecular complexity index is 474. The van der Waals surface area contributed by atoms with E-state index in [1.807, 2.05) is 7.05 Å². The average Bonchev–Trinajstić information content (AvgIpc) is 2.96. The Kier molecular flexibility index (Phi) is 5.20. The van der Waals surface area contributed by atoms with Crippen molar-refractivity contribution in [2.45, 2.75) is 12.8 Å². The summed E-state index contributed by atoms with van der Waals surface area (Å²) in [6, 6.07) is 3.33. The lowest BCUT2D eigenvalue weighted by atomic mass is 10.2. The van der Waals surface area contributed by atoms with Crippen LogP contribution in [0.4, 0.5) is 5.82 Å². The highest BCUT2D eigenvalue weighted by molar-refractivity contribution is 6.29. The molecular weight excluding hydrogens is 276 g/mol. The number of nitrogens with zero attached hydrogens (tertiary/aromatic N) is 3. The minimum absolute atomic E-state index is 0.0232. The number of halogens is 1. The van der Waals surface area contributed by atoms with Gasteiger partial charge in [0.2, 0.25) is 0 Å². The number of pyridine rings is 1. The molecule has 20 heavy (non-hydrogen) atoms.